The average Bonchev–Trinajstić information content (AvgIpc) is 2.92. The fourth-order valence-electron chi connectivity index (χ4n) is 2.79. The van der Waals surface area contributed by atoms with Crippen LogP contribution in [0.2, 0.25) is 0 Å². The molecule has 8 heteroatoms. The van der Waals surface area contributed by atoms with E-state index in [0.29, 0.717) is 22.1 Å². The maximum absolute atomic E-state index is 12.9. The molecule has 1 heterocycles. The van der Waals surface area contributed by atoms with Crippen molar-refractivity contribution in [3.05, 3.63) is 59.7 Å². The minimum atomic E-state index is -1.30. The lowest BCUT2D eigenvalue weighted by Gasteiger charge is -2.22. The molecule has 3 rings (SSSR count). The minimum absolute atomic E-state index is 0.257. The van der Waals surface area contributed by atoms with E-state index < -0.39 is 23.4 Å². The fraction of sp³-hybridized carbons (Fsp3) is 0.211. The summed E-state index contributed by atoms with van der Waals surface area (Å²) in [6, 6.07) is 12.4. The zero-order chi connectivity index (χ0) is 19.6. The molecule has 0 aromatic heterocycles. The number of hydrogen-bond acceptors (Lipinski definition) is 5. The van der Waals surface area contributed by atoms with Gasteiger partial charge in [-0.25, -0.2) is 4.79 Å². The van der Waals surface area contributed by atoms with E-state index in [2.05, 4.69) is 10.7 Å². The Morgan fingerprint density at radius 1 is 1.04 bits per heavy atom. The van der Waals surface area contributed by atoms with Crippen molar-refractivity contribution in [2.75, 3.05) is 14.2 Å². The third-order valence-corrected chi connectivity index (χ3v) is 4.40. The summed E-state index contributed by atoms with van der Waals surface area (Å²) < 4.78 is 10.2. The standard InChI is InChI=1S/C19H19N3O5/c1-19(13-7-9-14(26-2)10-8-13)17(24)22(18(25)20-19)21-16(23)12-5-4-6-15(11-12)27-3/h4-11H,1-3H3,(H,20,25)(H,21,23)/t19-/m1/s1. The molecule has 1 fully saturated rings. The first-order chi connectivity index (χ1) is 12.9. The molecule has 0 spiro atoms. The van der Waals surface area contributed by atoms with Gasteiger partial charge in [-0.15, -0.1) is 0 Å². The van der Waals surface area contributed by atoms with Crippen LogP contribution in [0.4, 0.5) is 4.79 Å². The molecule has 1 aliphatic heterocycles. The van der Waals surface area contributed by atoms with Crippen molar-refractivity contribution < 1.29 is 23.9 Å². The zero-order valence-electron chi connectivity index (χ0n) is 15.1. The van der Waals surface area contributed by atoms with Gasteiger partial charge in [0.1, 0.15) is 17.0 Å². The molecule has 2 aromatic rings. The molecule has 2 N–H and O–H groups in total. The number of methoxy groups -OCH3 is 2. The van der Waals surface area contributed by atoms with Crippen molar-refractivity contribution in [3.8, 4) is 11.5 Å². The van der Waals surface area contributed by atoms with Crippen molar-refractivity contribution >= 4 is 17.8 Å². The Balaban J connectivity index is 1.81. The van der Waals surface area contributed by atoms with E-state index in [9.17, 15) is 14.4 Å². The first kappa shape index (κ1) is 18.2. The third kappa shape index (κ3) is 3.29. The molecule has 0 saturated carbocycles. The highest BCUT2D eigenvalue weighted by Crippen LogP contribution is 2.29. The molecule has 4 amide bonds. The lowest BCUT2D eigenvalue weighted by atomic mass is 9.92. The molecule has 8 nitrogen and oxygen atoms in total. The van der Waals surface area contributed by atoms with E-state index in [1.807, 2.05) is 0 Å². The molecule has 0 bridgehead atoms. The van der Waals surface area contributed by atoms with Gasteiger partial charge < -0.3 is 14.8 Å². The van der Waals surface area contributed by atoms with Gasteiger partial charge in [-0.2, -0.15) is 5.01 Å². The van der Waals surface area contributed by atoms with Crippen LogP contribution >= 0.6 is 0 Å². The maximum Gasteiger partial charge on any atom is 0.344 e. The van der Waals surface area contributed by atoms with E-state index in [4.69, 9.17) is 9.47 Å². The number of rotatable bonds is 5. The number of benzene rings is 2. The van der Waals surface area contributed by atoms with Gasteiger partial charge in [0.05, 0.1) is 14.2 Å². The molecular formula is C19H19N3O5. The van der Waals surface area contributed by atoms with Crippen LogP contribution in [-0.2, 0) is 10.3 Å². The van der Waals surface area contributed by atoms with Gasteiger partial charge in [0.15, 0.2) is 0 Å². The van der Waals surface area contributed by atoms with Crippen LogP contribution < -0.4 is 20.2 Å². The number of urea groups is 1. The molecule has 0 radical (unpaired) electrons. The largest absolute Gasteiger partial charge is 0.497 e. The Labute approximate surface area is 156 Å². The van der Waals surface area contributed by atoms with Gasteiger partial charge >= 0.3 is 6.03 Å². The number of imide groups is 1. The van der Waals surface area contributed by atoms with E-state index in [0.717, 1.165) is 0 Å². The van der Waals surface area contributed by atoms with Gasteiger partial charge in [0, 0.05) is 5.56 Å². The number of carbonyl (C=O) groups excluding carboxylic acids is 3. The highest BCUT2D eigenvalue weighted by atomic mass is 16.5. The smallest absolute Gasteiger partial charge is 0.344 e. The summed E-state index contributed by atoms with van der Waals surface area (Å²) in [6.45, 7) is 1.58. The van der Waals surface area contributed by atoms with Gasteiger partial charge in [0.25, 0.3) is 11.8 Å². The predicted octanol–water partition coefficient (Wildman–Crippen LogP) is 1.82. The number of carbonyl (C=O) groups is 3. The van der Waals surface area contributed by atoms with Gasteiger partial charge in [-0.3, -0.25) is 15.0 Å². The first-order valence-corrected chi connectivity index (χ1v) is 8.15. The van der Waals surface area contributed by atoms with Gasteiger partial charge in [-0.1, -0.05) is 18.2 Å². The number of hydrogen-bond donors (Lipinski definition) is 2. The van der Waals surface area contributed by atoms with Crippen molar-refractivity contribution in [3.63, 3.8) is 0 Å². The second-order valence-electron chi connectivity index (χ2n) is 6.10. The normalized spacial score (nSPS) is 18.9. The minimum Gasteiger partial charge on any atom is -0.497 e. The second-order valence-corrected chi connectivity index (χ2v) is 6.10. The average molecular weight is 369 g/mol. The fourth-order valence-corrected chi connectivity index (χ4v) is 2.79. The Morgan fingerprint density at radius 2 is 1.70 bits per heavy atom. The summed E-state index contributed by atoms with van der Waals surface area (Å²) in [4.78, 5) is 37.6. The monoisotopic (exact) mass is 369 g/mol. The summed E-state index contributed by atoms with van der Waals surface area (Å²) >= 11 is 0. The summed E-state index contributed by atoms with van der Waals surface area (Å²) in [5.74, 6) is -0.0736. The molecule has 1 atom stereocenters. The third-order valence-electron chi connectivity index (χ3n) is 4.40. The van der Waals surface area contributed by atoms with E-state index in [1.165, 1.54) is 20.3 Å². The summed E-state index contributed by atoms with van der Waals surface area (Å²) in [5.41, 5.74) is 1.87. The Bertz CT molecular complexity index is 896. The Kier molecular flexibility index (Phi) is 4.72. The number of hydrazine groups is 1. The molecule has 27 heavy (non-hydrogen) atoms. The SMILES string of the molecule is COc1ccc([C@@]2(C)NC(=O)N(NC(=O)c3cccc(OC)c3)C2=O)cc1. The number of amides is 4. The molecule has 1 saturated heterocycles. The second kappa shape index (κ2) is 6.99. The van der Waals surface area contributed by atoms with E-state index in [1.54, 1.807) is 49.4 Å². The molecule has 1 aliphatic rings. The molecule has 140 valence electrons. The van der Waals surface area contributed by atoms with E-state index >= 15 is 0 Å². The van der Waals surface area contributed by atoms with Crippen molar-refractivity contribution in [2.45, 2.75) is 12.5 Å². The maximum atomic E-state index is 12.9. The first-order valence-electron chi connectivity index (χ1n) is 8.15. The van der Waals surface area contributed by atoms with Crippen LogP contribution in [0.5, 0.6) is 11.5 Å². The van der Waals surface area contributed by atoms with Gasteiger partial charge in [-0.05, 0) is 42.8 Å². The van der Waals surface area contributed by atoms with Crippen molar-refractivity contribution in [2.24, 2.45) is 0 Å². The van der Waals surface area contributed by atoms with Crippen LogP contribution in [0, 0.1) is 0 Å². The molecule has 0 unspecified atom stereocenters. The number of nitrogens with one attached hydrogen (secondary N) is 2. The van der Waals surface area contributed by atoms with Gasteiger partial charge in [0.2, 0.25) is 0 Å². The summed E-state index contributed by atoms with van der Waals surface area (Å²) in [5, 5.41) is 3.31. The summed E-state index contributed by atoms with van der Waals surface area (Å²) in [7, 11) is 3.02. The lowest BCUT2D eigenvalue weighted by molar-refractivity contribution is -0.132. The van der Waals surface area contributed by atoms with Crippen molar-refractivity contribution in [1.82, 2.24) is 15.8 Å². The lowest BCUT2D eigenvalue weighted by Crippen LogP contribution is -2.47. The summed E-state index contributed by atoms with van der Waals surface area (Å²) in [6.07, 6.45) is 0. The number of ether oxygens (including phenoxy) is 2. The Morgan fingerprint density at radius 3 is 2.33 bits per heavy atom. The Hall–Kier alpha value is -3.55. The van der Waals surface area contributed by atoms with Crippen LogP contribution in [0.3, 0.4) is 0 Å². The van der Waals surface area contributed by atoms with E-state index in [-0.39, 0.29) is 5.56 Å². The van der Waals surface area contributed by atoms with Crippen LogP contribution in [-0.4, -0.2) is 37.1 Å². The highest BCUT2D eigenvalue weighted by Gasteiger charge is 2.50. The van der Waals surface area contributed by atoms with Crippen LogP contribution in [0.15, 0.2) is 48.5 Å². The topological polar surface area (TPSA) is 97.0 Å². The zero-order valence-corrected chi connectivity index (χ0v) is 15.1. The molecule has 0 aliphatic carbocycles. The van der Waals surface area contributed by atoms with Crippen LogP contribution in [0.25, 0.3) is 0 Å². The number of nitrogens with zero attached hydrogens (tertiary/aromatic N) is 1. The quantitative estimate of drug-likeness (QED) is 0.784. The predicted molar refractivity (Wildman–Crippen MR) is 96.2 cm³/mol. The highest BCUT2D eigenvalue weighted by molar-refractivity contribution is 6.09. The van der Waals surface area contributed by atoms with Crippen molar-refractivity contribution in [1.29, 1.82) is 0 Å². The molecular weight excluding hydrogens is 350 g/mol. The molecule has 2 aromatic carbocycles. The van der Waals surface area contributed by atoms with Crippen LogP contribution in [0.1, 0.15) is 22.8 Å².